The van der Waals surface area contributed by atoms with Gasteiger partial charge in [0, 0.05) is 23.8 Å². The Morgan fingerprint density at radius 1 is 1.08 bits per heavy atom. The van der Waals surface area contributed by atoms with Crippen molar-refractivity contribution in [1.29, 1.82) is 0 Å². The summed E-state index contributed by atoms with van der Waals surface area (Å²) >= 11 is 1.60. The molecule has 0 unspecified atom stereocenters. The molecule has 1 aliphatic rings. The minimum absolute atomic E-state index is 0. The smallest absolute Gasteiger partial charge is 0.227 e. The third-order valence-electron chi connectivity index (χ3n) is 4.21. The number of aromatic nitrogens is 4. The van der Waals surface area contributed by atoms with Gasteiger partial charge in [-0.1, -0.05) is 23.2 Å². The van der Waals surface area contributed by atoms with Crippen LogP contribution in [0.15, 0.2) is 25.9 Å². The predicted molar refractivity (Wildman–Crippen MR) is 90.9 cm³/mol. The molecule has 24 heavy (non-hydrogen) atoms. The first-order valence-electron chi connectivity index (χ1n) is 7.70. The van der Waals surface area contributed by atoms with E-state index < -0.39 is 5.54 Å². The minimum Gasteiger partial charge on any atom is -0.339 e. The van der Waals surface area contributed by atoms with Gasteiger partial charge < -0.3 is 14.8 Å². The highest BCUT2D eigenvalue weighted by Gasteiger charge is 2.35. The van der Waals surface area contributed by atoms with Crippen LogP contribution in [-0.4, -0.2) is 20.3 Å². The van der Waals surface area contributed by atoms with Crippen LogP contribution in [0.4, 0.5) is 0 Å². The van der Waals surface area contributed by atoms with Crippen LogP contribution in [-0.2, 0) is 18.4 Å². The molecule has 1 fully saturated rings. The number of thiophene rings is 1. The SMILES string of the molecule is Cl.NC1(c2noc(CCc3nc(-c4ccsc4)no3)n2)CCCC1. The Morgan fingerprint density at radius 2 is 1.79 bits per heavy atom. The third kappa shape index (κ3) is 3.35. The molecular formula is C15H18ClN5O2S. The topological polar surface area (TPSA) is 104 Å². The van der Waals surface area contributed by atoms with Crippen LogP contribution in [0, 0.1) is 0 Å². The second-order valence-electron chi connectivity index (χ2n) is 5.90. The lowest BCUT2D eigenvalue weighted by Crippen LogP contribution is -2.34. The maximum absolute atomic E-state index is 6.33. The maximum atomic E-state index is 6.33. The molecule has 0 aliphatic heterocycles. The van der Waals surface area contributed by atoms with Crippen molar-refractivity contribution in [3.8, 4) is 11.4 Å². The molecule has 0 bridgehead atoms. The van der Waals surface area contributed by atoms with Crippen LogP contribution < -0.4 is 5.73 Å². The van der Waals surface area contributed by atoms with E-state index in [-0.39, 0.29) is 12.4 Å². The first kappa shape index (κ1) is 17.1. The summed E-state index contributed by atoms with van der Waals surface area (Å²) in [5.41, 5.74) is 6.88. The second kappa shape index (κ2) is 7.00. The molecule has 1 saturated carbocycles. The summed E-state index contributed by atoms with van der Waals surface area (Å²) in [5.74, 6) is 2.36. The Balaban J connectivity index is 0.00000169. The number of nitrogens with two attached hydrogens (primary N) is 1. The molecule has 0 amide bonds. The van der Waals surface area contributed by atoms with Crippen LogP contribution in [0.1, 0.15) is 43.3 Å². The third-order valence-corrected chi connectivity index (χ3v) is 4.89. The molecular weight excluding hydrogens is 350 g/mol. The molecule has 0 atom stereocenters. The van der Waals surface area contributed by atoms with Gasteiger partial charge in [0.25, 0.3) is 0 Å². The summed E-state index contributed by atoms with van der Waals surface area (Å²) in [7, 11) is 0. The highest BCUT2D eigenvalue weighted by atomic mass is 35.5. The van der Waals surface area contributed by atoms with Crippen molar-refractivity contribution >= 4 is 23.7 Å². The fraction of sp³-hybridized carbons (Fsp3) is 0.467. The van der Waals surface area contributed by atoms with E-state index in [2.05, 4.69) is 20.3 Å². The van der Waals surface area contributed by atoms with Gasteiger partial charge in [-0.25, -0.2) is 0 Å². The molecule has 7 nitrogen and oxygen atoms in total. The normalized spacial score (nSPS) is 16.2. The van der Waals surface area contributed by atoms with Crippen molar-refractivity contribution in [1.82, 2.24) is 20.3 Å². The Kier molecular flexibility index (Phi) is 4.98. The number of nitrogens with zero attached hydrogens (tertiary/aromatic N) is 4. The zero-order valence-electron chi connectivity index (χ0n) is 13.0. The molecule has 1 aliphatic carbocycles. The zero-order valence-corrected chi connectivity index (χ0v) is 14.6. The fourth-order valence-corrected chi connectivity index (χ4v) is 3.50. The Morgan fingerprint density at radius 3 is 2.50 bits per heavy atom. The minimum atomic E-state index is -0.418. The average molecular weight is 368 g/mol. The summed E-state index contributed by atoms with van der Waals surface area (Å²) in [6, 6.07) is 1.96. The van der Waals surface area contributed by atoms with Crippen molar-refractivity contribution in [3.63, 3.8) is 0 Å². The Labute approximate surface area is 149 Å². The molecule has 0 spiro atoms. The standard InChI is InChI=1S/C15H17N5O2S.ClH/c16-15(6-1-2-7-15)14-18-12(22-20-14)4-3-11-17-13(19-21-11)10-5-8-23-9-10;/h5,8-9H,1-4,6-7,16H2;1H. The van der Waals surface area contributed by atoms with Gasteiger partial charge in [0.2, 0.25) is 17.6 Å². The van der Waals surface area contributed by atoms with Crippen molar-refractivity contribution in [2.24, 2.45) is 5.73 Å². The lowest BCUT2D eigenvalue weighted by molar-refractivity contribution is 0.339. The number of rotatable bonds is 5. The fourth-order valence-electron chi connectivity index (χ4n) is 2.87. The highest BCUT2D eigenvalue weighted by molar-refractivity contribution is 7.08. The summed E-state index contributed by atoms with van der Waals surface area (Å²) < 4.78 is 10.6. The monoisotopic (exact) mass is 367 g/mol. The van der Waals surface area contributed by atoms with Gasteiger partial charge in [-0.15, -0.1) is 12.4 Å². The molecule has 3 heterocycles. The van der Waals surface area contributed by atoms with Crippen molar-refractivity contribution in [2.75, 3.05) is 0 Å². The van der Waals surface area contributed by atoms with E-state index in [1.165, 1.54) is 0 Å². The zero-order chi connectivity index (χ0) is 15.7. The first-order chi connectivity index (χ1) is 11.2. The van der Waals surface area contributed by atoms with E-state index in [1.807, 2.05) is 16.8 Å². The van der Waals surface area contributed by atoms with Crippen LogP contribution >= 0.6 is 23.7 Å². The van der Waals surface area contributed by atoms with E-state index in [0.717, 1.165) is 31.2 Å². The van der Waals surface area contributed by atoms with E-state index in [9.17, 15) is 0 Å². The Hall–Kier alpha value is -1.77. The van der Waals surface area contributed by atoms with Crippen LogP contribution in [0.3, 0.4) is 0 Å². The van der Waals surface area contributed by atoms with E-state index in [0.29, 0.717) is 36.3 Å². The molecule has 3 aromatic heterocycles. The number of halogens is 1. The molecule has 9 heteroatoms. The average Bonchev–Trinajstić information content (AvgIpc) is 3.31. The number of aryl methyl sites for hydroxylation is 2. The van der Waals surface area contributed by atoms with Gasteiger partial charge >= 0.3 is 0 Å². The lowest BCUT2D eigenvalue weighted by Gasteiger charge is -2.17. The molecule has 128 valence electrons. The van der Waals surface area contributed by atoms with Crippen LogP contribution in [0.5, 0.6) is 0 Å². The molecule has 2 N–H and O–H groups in total. The van der Waals surface area contributed by atoms with Gasteiger partial charge in [-0.05, 0) is 24.3 Å². The van der Waals surface area contributed by atoms with E-state index in [4.69, 9.17) is 14.8 Å². The molecule has 0 saturated heterocycles. The van der Waals surface area contributed by atoms with Gasteiger partial charge in [-0.3, -0.25) is 0 Å². The first-order valence-corrected chi connectivity index (χ1v) is 8.64. The van der Waals surface area contributed by atoms with Gasteiger partial charge in [-0.2, -0.15) is 21.3 Å². The number of hydrogen-bond donors (Lipinski definition) is 1. The van der Waals surface area contributed by atoms with E-state index >= 15 is 0 Å². The Bertz CT molecular complexity index is 780. The van der Waals surface area contributed by atoms with E-state index in [1.54, 1.807) is 11.3 Å². The van der Waals surface area contributed by atoms with Crippen molar-refractivity contribution in [2.45, 2.75) is 44.1 Å². The summed E-state index contributed by atoms with van der Waals surface area (Å²) in [6.07, 6.45) is 5.20. The summed E-state index contributed by atoms with van der Waals surface area (Å²) in [6.45, 7) is 0. The van der Waals surface area contributed by atoms with Crippen LogP contribution in [0.25, 0.3) is 11.4 Å². The summed E-state index contributed by atoms with van der Waals surface area (Å²) in [5, 5.41) is 12.0. The lowest BCUT2D eigenvalue weighted by atomic mass is 9.99. The molecule has 3 aromatic rings. The maximum Gasteiger partial charge on any atom is 0.227 e. The van der Waals surface area contributed by atoms with Gasteiger partial charge in [0.15, 0.2) is 5.82 Å². The highest BCUT2D eigenvalue weighted by Crippen LogP contribution is 2.34. The largest absolute Gasteiger partial charge is 0.339 e. The molecule has 4 rings (SSSR count). The van der Waals surface area contributed by atoms with Crippen molar-refractivity contribution in [3.05, 3.63) is 34.4 Å². The number of hydrogen-bond acceptors (Lipinski definition) is 8. The second-order valence-corrected chi connectivity index (χ2v) is 6.68. The van der Waals surface area contributed by atoms with Gasteiger partial charge in [0.1, 0.15) is 0 Å². The molecule has 0 aromatic carbocycles. The summed E-state index contributed by atoms with van der Waals surface area (Å²) in [4.78, 5) is 8.82. The quantitative estimate of drug-likeness (QED) is 0.738. The van der Waals surface area contributed by atoms with Crippen LogP contribution in [0.2, 0.25) is 0 Å². The molecule has 0 radical (unpaired) electrons. The van der Waals surface area contributed by atoms with Crippen molar-refractivity contribution < 1.29 is 9.05 Å². The predicted octanol–water partition coefficient (Wildman–Crippen LogP) is 3.12. The van der Waals surface area contributed by atoms with Gasteiger partial charge in [0.05, 0.1) is 5.54 Å².